The van der Waals surface area contributed by atoms with E-state index in [1.165, 1.54) is 11.3 Å². The monoisotopic (exact) mass is 331 g/mol. The van der Waals surface area contributed by atoms with Crippen LogP contribution in [0.3, 0.4) is 0 Å². The molecule has 1 aromatic heterocycles. The van der Waals surface area contributed by atoms with Crippen LogP contribution in [0.1, 0.15) is 31.5 Å². The number of hydrogen-bond donors (Lipinski definition) is 1. The zero-order chi connectivity index (χ0) is 17.0. The molecule has 122 valence electrons. The summed E-state index contributed by atoms with van der Waals surface area (Å²) in [7, 11) is 0. The number of nitrogens with zero attached hydrogens (tertiary/aromatic N) is 1. The Morgan fingerprint density at radius 1 is 1.30 bits per heavy atom. The van der Waals surface area contributed by atoms with Crippen LogP contribution in [-0.2, 0) is 16.0 Å². The Morgan fingerprint density at radius 2 is 2.04 bits per heavy atom. The van der Waals surface area contributed by atoms with Crippen molar-refractivity contribution in [3.63, 3.8) is 0 Å². The zero-order valence-electron chi connectivity index (χ0n) is 13.6. The molecular formula is C18H21NO3S. The highest BCUT2D eigenvalue weighted by molar-refractivity contribution is 7.13. The van der Waals surface area contributed by atoms with Gasteiger partial charge in [0.15, 0.2) is 0 Å². The molecule has 5 heteroatoms. The van der Waals surface area contributed by atoms with Crippen LogP contribution in [-0.4, -0.2) is 21.8 Å². The van der Waals surface area contributed by atoms with Crippen molar-refractivity contribution < 1.29 is 14.7 Å². The Hall–Kier alpha value is -2.01. The predicted molar refractivity (Wildman–Crippen MR) is 91.6 cm³/mol. The van der Waals surface area contributed by atoms with E-state index < -0.39 is 11.9 Å². The van der Waals surface area contributed by atoms with Gasteiger partial charge in [-0.3, -0.25) is 9.59 Å². The minimum atomic E-state index is -0.910. The summed E-state index contributed by atoms with van der Waals surface area (Å²) in [5.74, 6) is -1.67. The van der Waals surface area contributed by atoms with E-state index in [2.05, 4.69) is 11.1 Å². The number of carbonyl (C=O) groups excluding carboxylic acids is 1. The van der Waals surface area contributed by atoms with Gasteiger partial charge in [-0.2, -0.15) is 0 Å². The van der Waals surface area contributed by atoms with Gasteiger partial charge in [0.05, 0.1) is 11.6 Å². The number of aromatic nitrogens is 1. The molecular weight excluding hydrogens is 310 g/mol. The van der Waals surface area contributed by atoms with E-state index in [1.54, 1.807) is 0 Å². The molecule has 2 aromatic rings. The van der Waals surface area contributed by atoms with E-state index in [-0.39, 0.29) is 24.5 Å². The number of carboxylic acids is 1. The number of carboxylic acid groups (broad SMARTS) is 1. The van der Waals surface area contributed by atoms with Crippen molar-refractivity contribution in [2.24, 2.45) is 11.8 Å². The van der Waals surface area contributed by atoms with Crippen LogP contribution in [0.15, 0.2) is 29.6 Å². The van der Waals surface area contributed by atoms with Crippen LogP contribution in [0.25, 0.3) is 10.6 Å². The van der Waals surface area contributed by atoms with Crippen LogP contribution in [0.4, 0.5) is 0 Å². The molecule has 0 saturated carbocycles. The molecule has 23 heavy (non-hydrogen) atoms. The number of aryl methyl sites for hydroxylation is 1. The van der Waals surface area contributed by atoms with E-state index in [9.17, 15) is 14.7 Å². The standard InChI is InChI=1S/C18H21NO3S/c1-11(2)16(18(21)22)9-15(20)8-14-10-23-17(19-14)13-6-4-5-12(3)7-13/h4-7,10-11,16H,8-9H2,1-3H3,(H,21,22)/t16-/m0/s1. The maximum Gasteiger partial charge on any atom is 0.307 e. The summed E-state index contributed by atoms with van der Waals surface area (Å²) in [5.41, 5.74) is 2.92. The molecule has 4 nitrogen and oxygen atoms in total. The normalized spacial score (nSPS) is 12.3. The highest BCUT2D eigenvalue weighted by Gasteiger charge is 2.24. The Morgan fingerprint density at radius 3 is 2.65 bits per heavy atom. The first-order chi connectivity index (χ1) is 10.9. The van der Waals surface area contributed by atoms with Crippen LogP contribution in [0.2, 0.25) is 0 Å². The summed E-state index contributed by atoms with van der Waals surface area (Å²) in [6.45, 7) is 5.68. The number of ketones is 1. The fourth-order valence-electron chi connectivity index (χ4n) is 2.43. The molecule has 1 atom stereocenters. The van der Waals surface area contributed by atoms with Gasteiger partial charge >= 0.3 is 5.97 Å². The Labute approximate surface area is 140 Å². The molecule has 1 N–H and O–H groups in total. The molecule has 0 fully saturated rings. The van der Waals surface area contributed by atoms with Gasteiger partial charge in [0.25, 0.3) is 0 Å². The lowest BCUT2D eigenvalue weighted by Gasteiger charge is -2.14. The number of hydrogen-bond acceptors (Lipinski definition) is 4. The summed E-state index contributed by atoms with van der Waals surface area (Å²) < 4.78 is 0. The summed E-state index contributed by atoms with van der Waals surface area (Å²) in [6, 6.07) is 8.07. The topological polar surface area (TPSA) is 67.3 Å². The van der Waals surface area contributed by atoms with Crippen molar-refractivity contribution >= 4 is 23.1 Å². The molecule has 0 unspecified atom stereocenters. The average molecular weight is 331 g/mol. The fraction of sp³-hybridized carbons (Fsp3) is 0.389. The van der Waals surface area contributed by atoms with Crippen molar-refractivity contribution in [1.82, 2.24) is 4.98 Å². The van der Waals surface area contributed by atoms with Gasteiger partial charge < -0.3 is 5.11 Å². The van der Waals surface area contributed by atoms with Crippen molar-refractivity contribution in [3.8, 4) is 10.6 Å². The molecule has 0 aliphatic rings. The van der Waals surface area contributed by atoms with E-state index in [1.807, 2.05) is 44.4 Å². The maximum atomic E-state index is 12.1. The van der Waals surface area contributed by atoms with E-state index in [0.717, 1.165) is 16.1 Å². The molecule has 1 aromatic carbocycles. The minimum Gasteiger partial charge on any atom is -0.481 e. The van der Waals surface area contributed by atoms with Crippen molar-refractivity contribution in [2.75, 3.05) is 0 Å². The second kappa shape index (κ2) is 7.51. The summed E-state index contributed by atoms with van der Waals surface area (Å²) >= 11 is 1.51. The van der Waals surface area contributed by atoms with Gasteiger partial charge in [-0.1, -0.05) is 37.6 Å². The van der Waals surface area contributed by atoms with Gasteiger partial charge in [-0.05, 0) is 18.9 Å². The SMILES string of the molecule is Cc1cccc(-c2nc(CC(=O)C[C@H](C(=O)O)C(C)C)cs2)c1. The molecule has 0 aliphatic heterocycles. The van der Waals surface area contributed by atoms with Gasteiger partial charge in [0.2, 0.25) is 0 Å². The van der Waals surface area contributed by atoms with E-state index in [0.29, 0.717) is 5.69 Å². The quantitative estimate of drug-likeness (QED) is 0.833. The van der Waals surface area contributed by atoms with Crippen molar-refractivity contribution in [1.29, 1.82) is 0 Å². The molecule has 1 heterocycles. The Balaban J connectivity index is 2.04. The lowest BCUT2D eigenvalue weighted by molar-refractivity contribution is -0.145. The number of benzene rings is 1. The van der Waals surface area contributed by atoms with Crippen LogP contribution < -0.4 is 0 Å². The second-order valence-corrected chi connectivity index (χ2v) is 6.98. The molecule has 0 bridgehead atoms. The number of thiazole rings is 1. The predicted octanol–water partition coefficient (Wildman–Crippen LogP) is 3.98. The first kappa shape index (κ1) is 17.3. The van der Waals surface area contributed by atoms with Gasteiger partial charge in [-0.25, -0.2) is 4.98 Å². The third-order valence-corrected chi connectivity index (χ3v) is 4.70. The third-order valence-electron chi connectivity index (χ3n) is 3.76. The number of rotatable bonds is 7. The molecule has 0 spiro atoms. The lowest BCUT2D eigenvalue weighted by atomic mass is 9.90. The van der Waals surface area contributed by atoms with Gasteiger partial charge in [0.1, 0.15) is 10.8 Å². The Kier molecular flexibility index (Phi) is 5.66. The number of aliphatic carboxylic acids is 1. The highest BCUT2D eigenvalue weighted by atomic mass is 32.1. The van der Waals surface area contributed by atoms with E-state index >= 15 is 0 Å². The molecule has 0 amide bonds. The van der Waals surface area contributed by atoms with Crippen LogP contribution in [0.5, 0.6) is 0 Å². The maximum absolute atomic E-state index is 12.1. The third kappa shape index (κ3) is 4.73. The first-order valence-electron chi connectivity index (χ1n) is 7.62. The van der Waals surface area contributed by atoms with Crippen LogP contribution >= 0.6 is 11.3 Å². The molecule has 0 aliphatic carbocycles. The highest BCUT2D eigenvalue weighted by Crippen LogP contribution is 2.25. The second-order valence-electron chi connectivity index (χ2n) is 6.12. The van der Waals surface area contributed by atoms with Crippen molar-refractivity contribution in [3.05, 3.63) is 40.9 Å². The Bertz CT molecular complexity index is 706. The van der Waals surface area contributed by atoms with Gasteiger partial charge in [-0.15, -0.1) is 11.3 Å². The molecule has 0 radical (unpaired) electrons. The zero-order valence-corrected chi connectivity index (χ0v) is 14.4. The molecule has 0 saturated heterocycles. The van der Waals surface area contributed by atoms with Crippen LogP contribution in [0, 0.1) is 18.8 Å². The fourth-order valence-corrected chi connectivity index (χ4v) is 3.24. The smallest absolute Gasteiger partial charge is 0.307 e. The minimum absolute atomic E-state index is 0.0598. The summed E-state index contributed by atoms with van der Waals surface area (Å²) in [4.78, 5) is 27.8. The number of Topliss-reactive ketones (excluding diaryl/α,β-unsaturated/α-hetero) is 1. The van der Waals surface area contributed by atoms with E-state index in [4.69, 9.17) is 0 Å². The average Bonchev–Trinajstić information content (AvgIpc) is 2.92. The number of carbonyl (C=O) groups is 2. The van der Waals surface area contributed by atoms with Gasteiger partial charge in [0, 0.05) is 23.8 Å². The summed E-state index contributed by atoms with van der Waals surface area (Å²) in [6.07, 6.45) is 0.253. The first-order valence-corrected chi connectivity index (χ1v) is 8.50. The lowest BCUT2D eigenvalue weighted by Crippen LogP contribution is -2.23. The van der Waals surface area contributed by atoms with Crippen molar-refractivity contribution in [2.45, 2.75) is 33.6 Å². The molecule has 2 rings (SSSR count). The summed E-state index contributed by atoms with van der Waals surface area (Å²) in [5, 5.41) is 11.9. The largest absolute Gasteiger partial charge is 0.481 e.